The third-order valence-electron chi connectivity index (χ3n) is 5.81. The van der Waals surface area contributed by atoms with Gasteiger partial charge in [0.25, 0.3) is 0 Å². The molecule has 1 atom stereocenters. The van der Waals surface area contributed by atoms with E-state index in [1.807, 2.05) is 32.0 Å². The Hall–Kier alpha value is -2.93. The first-order valence-corrected chi connectivity index (χ1v) is 9.80. The van der Waals surface area contributed by atoms with Gasteiger partial charge in [0.2, 0.25) is 0 Å². The van der Waals surface area contributed by atoms with Crippen molar-refractivity contribution in [2.75, 3.05) is 24.5 Å². The monoisotopic (exact) mass is 396 g/mol. The van der Waals surface area contributed by atoms with Crippen LogP contribution < -0.4 is 4.90 Å². The Morgan fingerprint density at radius 3 is 2.59 bits per heavy atom. The van der Waals surface area contributed by atoms with Gasteiger partial charge in [-0.15, -0.1) is 0 Å². The summed E-state index contributed by atoms with van der Waals surface area (Å²) >= 11 is 0. The summed E-state index contributed by atoms with van der Waals surface area (Å²) in [5, 5.41) is 15.7. The highest BCUT2D eigenvalue weighted by atomic mass is 19.1. The number of fused-ring (bicyclic) bond motifs is 1. The molecule has 152 valence electrons. The standard InChI is InChI=1S/C22H25FN4O2/c1-15(2)22(3,29)14-25-11-12-26(21(25)28)18-9-6-10-19-16(18)13-24-27(19)20-8-5-4-7-17(20)23/h4-10,13,15,29H,11-12,14H2,1-3H3. The summed E-state index contributed by atoms with van der Waals surface area (Å²) in [6.45, 7) is 6.99. The first-order valence-electron chi connectivity index (χ1n) is 9.80. The summed E-state index contributed by atoms with van der Waals surface area (Å²) in [6, 6.07) is 11.9. The second-order valence-electron chi connectivity index (χ2n) is 8.09. The Morgan fingerprint density at radius 1 is 1.14 bits per heavy atom. The molecule has 6 nitrogen and oxygen atoms in total. The van der Waals surface area contributed by atoms with Gasteiger partial charge in [-0.05, 0) is 37.1 Å². The number of aliphatic hydroxyl groups is 1. The van der Waals surface area contributed by atoms with Crippen molar-refractivity contribution in [2.24, 2.45) is 5.92 Å². The normalized spacial score (nSPS) is 16.8. The number of aromatic nitrogens is 2. The van der Waals surface area contributed by atoms with Crippen molar-refractivity contribution in [3.05, 3.63) is 54.5 Å². The molecule has 0 saturated carbocycles. The van der Waals surface area contributed by atoms with E-state index in [9.17, 15) is 14.3 Å². The highest BCUT2D eigenvalue weighted by molar-refractivity contribution is 6.03. The number of benzene rings is 2. The van der Waals surface area contributed by atoms with E-state index in [2.05, 4.69) is 5.10 Å². The number of rotatable bonds is 5. The minimum absolute atomic E-state index is 0.0341. The zero-order valence-electron chi connectivity index (χ0n) is 16.8. The average Bonchev–Trinajstić information content (AvgIpc) is 3.26. The van der Waals surface area contributed by atoms with Gasteiger partial charge in [0.15, 0.2) is 0 Å². The van der Waals surface area contributed by atoms with E-state index in [1.54, 1.807) is 45.8 Å². The van der Waals surface area contributed by atoms with Crippen LogP contribution in [-0.2, 0) is 0 Å². The zero-order chi connectivity index (χ0) is 20.8. The third kappa shape index (κ3) is 3.35. The summed E-state index contributed by atoms with van der Waals surface area (Å²) in [5.41, 5.74) is 0.879. The van der Waals surface area contributed by atoms with Crippen LogP contribution in [0.4, 0.5) is 14.9 Å². The molecule has 2 aromatic carbocycles. The minimum atomic E-state index is -0.951. The number of carbonyl (C=O) groups is 1. The SMILES string of the molecule is CC(C)C(C)(O)CN1CCN(c2cccc3c2cnn3-c2ccccc2F)C1=O. The van der Waals surface area contributed by atoms with Crippen molar-refractivity contribution in [3.63, 3.8) is 0 Å². The van der Waals surface area contributed by atoms with E-state index in [4.69, 9.17) is 0 Å². The molecule has 1 aliphatic rings. The molecule has 7 heteroatoms. The van der Waals surface area contributed by atoms with Crippen LogP contribution in [0, 0.1) is 11.7 Å². The van der Waals surface area contributed by atoms with Crippen molar-refractivity contribution in [1.29, 1.82) is 0 Å². The Kier molecular flexibility index (Phi) is 4.78. The molecule has 29 heavy (non-hydrogen) atoms. The van der Waals surface area contributed by atoms with E-state index in [0.29, 0.717) is 18.8 Å². The van der Waals surface area contributed by atoms with Gasteiger partial charge in [-0.1, -0.05) is 32.0 Å². The summed E-state index contributed by atoms with van der Waals surface area (Å²) < 4.78 is 15.8. The topological polar surface area (TPSA) is 61.6 Å². The van der Waals surface area contributed by atoms with Crippen LogP contribution in [-0.4, -0.2) is 51.1 Å². The lowest BCUT2D eigenvalue weighted by Crippen LogP contribution is -2.46. The molecule has 0 aliphatic carbocycles. The van der Waals surface area contributed by atoms with Crippen LogP contribution in [0.1, 0.15) is 20.8 Å². The lowest BCUT2D eigenvalue weighted by molar-refractivity contribution is -0.00609. The molecule has 0 spiro atoms. The maximum Gasteiger partial charge on any atom is 0.324 e. The first kappa shape index (κ1) is 19.4. The molecule has 1 unspecified atom stereocenters. The lowest BCUT2D eigenvalue weighted by atomic mass is 9.92. The molecular weight excluding hydrogens is 371 g/mol. The number of para-hydroxylation sites is 1. The molecule has 2 amide bonds. The number of anilines is 1. The molecular formula is C22H25FN4O2. The highest BCUT2D eigenvalue weighted by Crippen LogP contribution is 2.32. The predicted molar refractivity (Wildman–Crippen MR) is 111 cm³/mol. The third-order valence-corrected chi connectivity index (χ3v) is 5.81. The van der Waals surface area contributed by atoms with Gasteiger partial charge in [0.1, 0.15) is 11.5 Å². The molecule has 1 N–H and O–H groups in total. The molecule has 3 aromatic rings. The van der Waals surface area contributed by atoms with Gasteiger partial charge in [-0.3, -0.25) is 4.90 Å². The average molecular weight is 396 g/mol. The van der Waals surface area contributed by atoms with E-state index in [1.165, 1.54) is 6.07 Å². The van der Waals surface area contributed by atoms with Gasteiger partial charge < -0.3 is 10.0 Å². The molecule has 0 radical (unpaired) electrons. The molecule has 2 heterocycles. The number of amides is 2. The van der Waals surface area contributed by atoms with Gasteiger partial charge in [0.05, 0.1) is 29.5 Å². The fourth-order valence-corrected chi connectivity index (χ4v) is 3.61. The summed E-state index contributed by atoms with van der Waals surface area (Å²) in [7, 11) is 0. The number of hydrogen-bond donors (Lipinski definition) is 1. The van der Waals surface area contributed by atoms with Gasteiger partial charge >= 0.3 is 6.03 Å². The lowest BCUT2D eigenvalue weighted by Gasteiger charge is -2.32. The van der Waals surface area contributed by atoms with Crippen molar-refractivity contribution in [3.8, 4) is 5.69 Å². The second-order valence-corrected chi connectivity index (χ2v) is 8.09. The Balaban J connectivity index is 1.68. The number of nitrogens with zero attached hydrogens (tertiary/aromatic N) is 4. The maximum absolute atomic E-state index is 14.3. The number of urea groups is 1. The predicted octanol–water partition coefficient (Wildman–Crippen LogP) is 3.81. The van der Waals surface area contributed by atoms with Crippen LogP contribution in [0.25, 0.3) is 16.6 Å². The minimum Gasteiger partial charge on any atom is -0.388 e. The molecule has 1 aliphatic heterocycles. The van der Waals surface area contributed by atoms with Crippen molar-refractivity contribution in [2.45, 2.75) is 26.4 Å². The van der Waals surface area contributed by atoms with Crippen LogP contribution in [0.15, 0.2) is 48.7 Å². The summed E-state index contributed by atoms with van der Waals surface area (Å²) in [5.74, 6) is -0.325. The van der Waals surface area contributed by atoms with E-state index >= 15 is 0 Å². The molecule has 4 rings (SSSR count). The maximum atomic E-state index is 14.3. The van der Waals surface area contributed by atoms with Crippen molar-refractivity contribution >= 4 is 22.6 Å². The fraction of sp³-hybridized carbons (Fsp3) is 0.364. The van der Waals surface area contributed by atoms with Gasteiger partial charge in [0, 0.05) is 18.5 Å². The highest BCUT2D eigenvalue weighted by Gasteiger charge is 2.36. The van der Waals surface area contributed by atoms with Gasteiger partial charge in [-0.25, -0.2) is 13.9 Å². The summed E-state index contributed by atoms with van der Waals surface area (Å²) in [4.78, 5) is 16.4. The van der Waals surface area contributed by atoms with E-state index in [0.717, 1.165) is 16.6 Å². The number of β-amino-alcohol motifs (C(OH)–C–C–N with tert-alkyl or cyclic N) is 1. The number of carbonyl (C=O) groups excluding carboxylic acids is 1. The number of halogens is 1. The quantitative estimate of drug-likeness (QED) is 0.713. The molecule has 1 saturated heterocycles. The second kappa shape index (κ2) is 7.15. The van der Waals surface area contributed by atoms with Crippen LogP contribution in [0.5, 0.6) is 0 Å². The van der Waals surface area contributed by atoms with Crippen LogP contribution in [0.3, 0.4) is 0 Å². The van der Waals surface area contributed by atoms with E-state index < -0.39 is 5.60 Å². The van der Waals surface area contributed by atoms with Crippen LogP contribution >= 0.6 is 0 Å². The molecule has 1 aromatic heterocycles. The van der Waals surface area contributed by atoms with E-state index in [-0.39, 0.29) is 24.3 Å². The fourth-order valence-electron chi connectivity index (χ4n) is 3.61. The largest absolute Gasteiger partial charge is 0.388 e. The van der Waals surface area contributed by atoms with Crippen LogP contribution in [0.2, 0.25) is 0 Å². The van der Waals surface area contributed by atoms with Gasteiger partial charge in [-0.2, -0.15) is 5.10 Å². The Morgan fingerprint density at radius 2 is 1.86 bits per heavy atom. The molecule has 1 fully saturated rings. The molecule has 0 bridgehead atoms. The first-order chi connectivity index (χ1) is 13.8. The Labute approximate surface area is 169 Å². The smallest absolute Gasteiger partial charge is 0.324 e. The van der Waals surface area contributed by atoms with Crippen molar-refractivity contribution in [1.82, 2.24) is 14.7 Å². The Bertz CT molecular complexity index is 1060. The number of hydrogen-bond acceptors (Lipinski definition) is 3. The zero-order valence-corrected chi connectivity index (χ0v) is 16.8. The summed E-state index contributed by atoms with van der Waals surface area (Å²) in [6.07, 6.45) is 1.66. The van der Waals surface area contributed by atoms with Crippen molar-refractivity contribution < 1.29 is 14.3 Å².